The summed E-state index contributed by atoms with van der Waals surface area (Å²) in [5.41, 5.74) is 0. The maximum absolute atomic E-state index is 2.52. The molecular formula is C6H12IN. The summed E-state index contributed by atoms with van der Waals surface area (Å²) in [6.07, 6.45) is 0. The Morgan fingerprint density at radius 1 is 1.62 bits per heavy atom. The Labute approximate surface area is 64.6 Å². The number of hydrogen-bond donors (Lipinski definition) is 0. The molecule has 1 fully saturated rings. The first-order chi connectivity index (χ1) is 3.64. The lowest BCUT2D eigenvalue weighted by Gasteiger charge is -2.43. The molecule has 8 heavy (non-hydrogen) atoms. The molecule has 0 amide bonds. The third-order valence-corrected chi connectivity index (χ3v) is 2.24. The molecule has 0 aromatic heterocycles. The van der Waals surface area contributed by atoms with Crippen LogP contribution in [0.25, 0.3) is 0 Å². The molecule has 0 saturated carbocycles. The molecule has 1 aliphatic heterocycles. The lowest BCUT2D eigenvalue weighted by Crippen LogP contribution is -2.55. The summed E-state index contributed by atoms with van der Waals surface area (Å²) >= 11 is 2.52. The quantitative estimate of drug-likeness (QED) is 0.483. The Hall–Kier alpha value is 0.690. The topological polar surface area (TPSA) is 3.24 Å². The van der Waals surface area contributed by atoms with Crippen molar-refractivity contribution in [2.75, 3.05) is 19.6 Å². The average molecular weight is 225 g/mol. The minimum atomic E-state index is 0.591. The third-order valence-electron chi connectivity index (χ3n) is 1.55. The second kappa shape index (κ2) is 2.14. The van der Waals surface area contributed by atoms with Gasteiger partial charge in [0.05, 0.1) is 0 Å². The van der Waals surface area contributed by atoms with Crippen molar-refractivity contribution in [1.29, 1.82) is 0 Å². The third kappa shape index (κ3) is 1.35. The van der Waals surface area contributed by atoms with Gasteiger partial charge in [0.15, 0.2) is 0 Å². The second-order valence-electron chi connectivity index (χ2n) is 2.72. The first-order valence-corrected chi connectivity index (χ1v) is 4.13. The van der Waals surface area contributed by atoms with E-state index in [0.29, 0.717) is 3.42 Å². The molecule has 2 heteroatoms. The van der Waals surface area contributed by atoms with Crippen molar-refractivity contribution in [3.8, 4) is 0 Å². The van der Waals surface area contributed by atoms with E-state index in [1.165, 1.54) is 19.6 Å². The monoisotopic (exact) mass is 225 g/mol. The first-order valence-electron chi connectivity index (χ1n) is 3.05. The molecule has 0 spiro atoms. The van der Waals surface area contributed by atoms with Crippen LogP contribution in [0.1, 0.15) is 13.8 Å². The van der Waals surface area contributed by atoms with Gasteiger partial charge >= 0.3 is 0 Å². The molecule has 0 atom stereocenters. The van der Waals surface area contributed by atoms with E-state index >= 15 is 0 Å². The number of likely N-dealkylation sites (tertiary alicyclic amines) is 1. The zero-order valence-electron chi connectivity index (χ0n) is 5.45. The smallest absolute Gasteiger partial charge is 0.0447 e. The molecule has 0 radical (unpaired) electrons. The lowest BCUT2D eigenvalue weighted by molar-refractivity contribution is 0.157. The van der Waals surface area contributed by atoms with Crippen LogP contribution < -0.4 is 0 Å². The van der Waals surface area contributed by atoms with Crippen LogP contribution in [-0.4, -0.2) is 28.0 Å². The summed E-state index contributed by atoms with van der Waals surface area (Å²) in [4.78, 5) is 2.45. The molecule has 0 aliphatic carbocycles. The van der Waals surface area contributed by atoms with E-state index < -0.39 is 0 Å². The Bertz CT molecular complexity index is 82.5. The lowest BCUT2D eigenvalue weighted by atomic mass is 10.0. The largest absolute Gasteiger partial charge is 0.301 e. The van der Waals surface area contributed by atoms with Crippen molar-refractivity contribution in [2.45, 2.75) is 17.3 Å². The predicted octanol–water partition coefficient (Wildman–Crippen LogP) is 1.52. The maximum Gasteiger partial charge on any atom is 0.0447 e. The van der Waals surface area contributed by atoms with Crippen molar-refractivity contribution < 1.29 is 0 Å². The van der Waals surface area contributed by atoms with Gasteiger partial charge in [-0.1, -0.05) is 29.5 Å². The minimum Gasteiger partial charge on any atom is -0.301 e. The number of hydrogen-bond acceptors (Lipinski definition) is 1. The van der Waals surface area contributed by atoms with Crippen LogP contribution in [0.2, 0.25) is 0 Å². The molecule has 1 saturated heterocycles. The highest BCUT2D eigenvalue weighted by atomic mass is 127. The van der Waals surface area contributed by atoms with Crippen molar-refractivity contribution >= 4 is 22.6 Å². The van der Waals surface area contributed by atoms with Crippen molar-refractivity contribution in [1.82, 2.24) is 4.90 Å². The fraction of sp³-hybridized carbons (Fsp3) is 1.00. The van der Waals surface area contributed by atoms with Gasteiger partial charge in [-0.25, -0.2) is 0 Å². The van der Waals surface area contributed by atoms with E-state index in [4.69, 9.17) is 0 Å². The van der Waals surface area contributed by atoms with Crippen LogP contribution in [0.15, 0.2) is 0 Å². The van der Waals surface area contributed by atoms with Crippen LogP contribution >= 0.6 is 22.6 Å². The fourth-order valence-corrected chi connectivity index (χ4v) is 2.07. The van der Waals surface area contributed by atoms with Crippen LogP contribution in [-0.2, 0) is 0 Å². The fourth-order valence-electron chi connectivity index (χ4n) is 1.11. The number of nitrogens with zero attached hydrogens (tertiary/aromatic N) is 1. The van der Waals surface area contributed by atoms with Crippen LogP contribution in [0.4, 0.5) is 0 Å². The van der Waals surface area contributed by atoms with Crippen molar-refractivity contribution in [3.63, 3.8) is 0 Å². The summed E-state index contributed by atoms with van der Waals surface area (Å²) in [6, 6.07) is 0. The van der Waals surface area contributed by atoms with Crippen molar-refractivity contribution in [3.05, 3.63) is 0 Å². The van der Waals surface area contributed by atoms with Crippen LogP contribution in [0.5, 0.6) is 0 Å². The number of halogens is 1. The van der Waals surface area contributed by atoms with Gasteiger partial charge in [0.2, 0.25) is 0 Å². The summed E-state index contributed by atoms with van der Waals surface area (Å²) in [5, 5.41) is 0. The summed E-state index contributed by atoms with van der Waals surface area (Å²) in [7, 11) is 0. The Morgan fingerprint density at radius 3 is 2.25 bits per heavy atom. The Morgan fingerprint density at radius 2 is 2.12 bits per heavy atom. The average Bonchev–Trinajstić information content (AvgIpc) is 1.60. The van der Waals surface area contributed by atoms with E-state index in [-0.39, 0.29) is 0 Å². The Balaban J connectivity index is 2.21. The molecule has 48 valence electrons. The van der Waals surface area contributed by atoms with Gasteiger partial charge < -0.3 is 4.90 Å². The van der Waals surface area contributed by atoms with Gasteiger partial charge in [-0.3, -0.25) is 0 Å². The zero-order valence-corrected chi connectivity index (χ0v) is 7.60. The van der Waals surface area contributed by atoms with Crippen LogP contribution in [0.3, 0.4) is 0 Å². The molecule has 0 aromatic carbocycles. The normalized spacial score (nSPS) is 27.4. The van der Waals surface area contributed by atoms with E-state index in [1.54, 1.807) is 0 Å². The van der Waals surface area contributed by atoms with E-state index in [2.05, 4.69) is 41.3 Å². The summed E-state index contributed by atoms with van der Waals surface area (Å²) in [6.45, 7) is 8.30. The van der Waals surface area contributed by atoms with Gasteiger partial charge in [-0.05, 0) is 13.5 Å². The Kier molecular flexibility index (Phi) is 1.82. The SMILES string of the molecule is CCN1CC(C)(I)C1. The molecule has 0 N–H and O–H groups in total. The van der Waals surface area contributed by atoms with Gasteiger partial charge in [0, 0.05) is 16.5 Å². The highest BCUT2D eigenvalue weighted by molar-refractivity contribution is 14.1. The molecule has 0 aromatic rings. The molecule has 1 rings (SSSR count). The van der Waals surface area contributed by atoms with Crippen molar-refractivity contribution in [2.24, 2.45) is 0 Å². The molecule has 1 heterocycles. The summed E-state index contributed by atoms with van der Waals surface area (Å²) in [5.74, 6) is 0. The summed E-state index contributed by atoms with van der Waals surface area (Å²) < 4.78 is 0.591. The van der Waals surface area contributed by atoms with Crippen LogP contribution in [0, 0.1) is 0 Å². The molecule has 1 nitrogen and oxygen atoms in total. The predicted molar refractivity (Wildman–Crippen MR) is 44.5 cm³/mol. The van der Waals surface area contributed by atoms with Gasteiger partial charge in [0.1, 0.15) is 0 Å². The van der Waals surface area contributed by atoms with Gasteiger partial charge in [-0.15, -0.1) is 0 Å². The number of alkyl halides is 1. The number of rotatable bonds is 1. The van der Waals surface area contributed by atoms with E-state index in [1.807, 2.05) is 0 Å². The molecule has 1 aliphatic rings. The zero-order chi connectivity index (χ0) is 6.20. The van der Waals surface area contributed by atoms with Gasteiger partial charge in [0.25, 0.3) is 0 Å². The molecule has 0 unspecified atom stereocenters. The highest BCUT2D eigenvalue weighted by Gasteiger charge is 2.34. The second-order valence-corrected chi connectivity index (χ2v) is 5.32. The van der Waals surface area contributed by atoms with Gasteiger partial charge in [-0.2, -0.15) is 0 Å². The first kappa shape index (κ1) is 6.81. The maximum atomic E-state index is 2.52. The van der Waals surface area contributed by atoms with E-state index in [0.717, 1.165) is 0 Å². The van der Waals surface area contributed by atoms with E-state index in [9.17, 15) is 0 Å². The highest BCUT2D eigenvalue weighted by Crippen LogP contribution is 2.29. The minimum absolute atomic E-state index is 0.591. The standard InChI is InChI=1S/C6H12IN/c1-3-8-4-6(2,7)5-8/h3-5H2,1-2H3. The molecule has 0 bridgehead atoms. The molecular weight excluding hydrogens is 213 g/mol.